The zero-order valence-electron chi connectivity index (χ0n) is 12.5. The number of likely N-dealkylation sites (N-methyl/N-ethyl adjacent to an activating group) is 1. The molecule has 2 aliphatic heterocycles. The Balaban J connectivity index is 0.00000200. The van der Waals surface area contributed by atoms with Crippen molar-refractivity contribution in [3.05, 3.63) is 11.3 Å². The monoisotopic (exact) mass is 268 g/mol. The van der Waals surface area contributed by atoms with Gasteiger partial charge in [-0.25, -0.2) is 4.79 Å². The summed E-state index contributed by atoms with van der Waals surface area (Å²) in [6.45, 7) is 7.75. The van der Waals surface area contributed by atoms with E-state index in [0.29, 0.717) is 18.6 Å². The molecule has 0 radical (unpaired) electrons. The highest BCUT2D eigenvalue weighted by atomic mass is 16.5. The van der Waals surface area contributed by atoms with Crippen LogP contribution in [0.2, 0.25) is 0 Å². The second kappa shape index (κ2) is 5.95. The number of esters is 1. The Morgan fingerprint density at radius 3 is 2.79 bits per heavy atom. The molecule has 4 heteroatoms. The number of nitrogens with one attached hydrogen (secondary N) is 1. The summed E-state index contributed by atoms with van der Waals surface area (Å²) >= 11 is 0. The van der Waals surface area contributed by atoms with Gasteiger partial charge in [0, 0.05) is 19.7 Å². The zero-order chi connectivity index (χ0) is 14.0. The molecule has 2 heterocycles. The Labute approximate surface area is 117 Å². The van der Waals surface area contributed by atoms with Gasteiger partial charge in [-0.15, -0.1) is 0 Å². The second-order valence-corrected chi connectivity index (χ2v) is 5.92. The van der Waals surface area contributed by atoms with Gasteiger partial charge in [-0.2, -0.15) is 0 Å². The topological polar surface area (TPSA) is 41.6 Å². The van der Waals surface area contributed by atoms with Gasteiger partial charge in [-0.3, -0.25) is 0 Å². The molecule has 0 aromatic heterocycles. The van der Waals surface area contributed by atoms with Gasteiger partial charge < -0.3 is 15.0 Å². The maximum atomic E-state index is 12.0. The van der Waals surface area contributed by atoms with Gasteiger partial charge in [-0.1, -0.05) is 20.3 Å². The number of cyclic esters (lactones) is 1. The van der Waals surface area contributed by atoms with Gasteiger partial charge in [0.05, 0.1) is 11.6 Å². The highest BCUT2D eigenvalue weighted by Gasteiger charge is 2.36. The van der Waals surface area contributed by atoms with Crippen molar-refractivity contribution < 1.29 is 11.0 Å². The van der Waals surface area contributed by atoms with Crippen LogP contribution >= 0.6 is 0 Å². The Kier molecular flexibility index (Phi) is 4.50. The van der Waals surface area contributed by atoms with E-state index in [0.717, 1.165) is 18.5 Å². The smallest absolute Gasteiger partial charge is 0.335 e. The number of nitrogens with zero attached hydrogens (tertiary/aromatic N) is 1. The molecule has 1 N–H and O–H groups in total. The maximum absolute atomic E-state index is 12.0. The molecule has 0 spiro atoms. The van der Waals surface area contributed by atoms with E-state index in [9.17, 15) is 4.79 Å². The van der Waals surface area contributed by atoms with Crippen LogP contribution in [-0.4, -0.2) is 43.2 Å². The van der Waals surface area contributed by atoms with Crippen LogP contribution in [0.4, 0.5) is 0 Å². The van der Waals surface area contributed by atoms with Crippen LogP contribution in [0.15, 0.2) is 11.3 Å². The summed E-state index contributed by atoms with van der Waals surface area (Å²) in [4.78, 5) is 14.5. The first-order valence-electron chi connectivity index (χ1n) is 7.38. The summed E-state index contributed by atoms with van der Waals surface area (Å²) in [6.07, 6.45) is 3.57. The SMILES string of the molecule is CN[C@@H]1CCCCN2C(C(C)C)=C(C)C(=O)OCC12.[HH]. The van der Waals surface area contributed by atoms with E-state index >= 15 is 0 Å². The van der Waals surface area contributed by atoms with Crippen molar-refractivity contribution >= 4 is 5.97 Å². The Hall–Kier alpha value is -1.03. The third-order valence-corrected chi connectivity index (χ3v) is 4.33. The van der Waals surface area contributed by atoms with E-state index in [1.807, 2.05) is 14.0 Å². The van der Waals surface area contributed by atoms with Gasteiger partial charge in [0.2, 0.25) is 0 Å². The number of carbonyl (C=O) groups excluding carboxylic acids is 1. The van der Waals surface area contributed by atoms with Crippen molar-refractivity contribution in [2.24, 2.45) is 5.92 Å². The van der Waals surface area contributed by atoms with Gasteiger partial charge in [0.1, 0.15) is 6.61 Å². The van der Waals surface area contributed by atoms with Crippen molar-refractivity contribution in [3.63, 3.8) is 0 Å². The molecule has 0 aliphatic carbocycles. The predicted octanol–water partition coefficient (Wildman–Crippen LogP) is 2.16. The Morgan fingerprint density at radius 1 is 1.42 bits per heavy atom. The quantitative estimate of drug-likeness (QED) is 0.779. The van der Waals surface area contributed by atoms with Crippen LogP contribution in [0.3, 0.4) is 0 Å². The van der Waals surface area contributed by atoms with E-state index < -0.39 is 0 Å². The first-order chi connectivity index (χ1) is 9.06. The average Bonchev–Trinajstić information content (AvgIpc) is 2.63. The minimum absolute atomic E-state index is 0. The molecule has 0 amide bonds. The summed E-state index contributed by atoms with van der Waals surface area (Å²) in [5.41, 5.74) is 1.96. The van der Waals surface area contributed by atoms with Crippen molar-refractivity contribution in [2.45, 2.75) is 52.1 Å². The largest absolute Gasteiger partial charge is 0.460 e. The molecule has 19 heavy (non-hydrogen) atoms. The minimum Gasteiger partial charge on any atom is -0.460 e. The molecule has 0 aromatic carbocycles. The van der Waals surface area contributed by atoms with E-state index in [4.69, 9.17) is 4.74 Å². The molecule has 4 nitrogen and oxygen atoms in total. The molecule has 2 rings (SSSR count). The molecule has 1 fully saturated rings. The fourth-order valence-corrected chi connectivity index (χ4v) is 3.42. The van der Waals surface area contributed by atoms with Crippen LogP contribution in [-0.2, 0) is 9.53 Å². The first kappa shape index (κ1) is 14.4. The van der Waals surface area contributed by atoms with Gasteiger partial charge in [0.15, 0.2) is 0 Å². The van der Waals surface area contributed by atoms with Crippen LogP contribution in [0.25, 0.3) is 0 Å². The number of rotatable bonds is 2. The summed E-state index contributed by atoms with van der Waals surface area (Å²) < 4.78 is 5.47. The first-order valence-corrected chi connectivity index (χ1v) is 7.38. The molecule has 1 saturated heterocycles. The van der Waals surface area contributed by atoms with E-state index in [2.05, 4.69) is 24.1 Å². The third kappa shape index (κ3) is 2.78. The van der Waals surface area contributed by atoms with E-state index in [1.54, 1.807) is 0 Å². The number of carbonyl (C=O) groups is 1. The fraction of sp³-hybridized carbons (Fsp3) is 0.800. The normalized spacial score (nSPS) is 28.9. The predicted molar refractivity (Wildman–Crippen MR) is 77.8 cm³/mol. The molecule has 0 aromatic rings. The minimum atomic E-state index is -0.147. The lowest BCUT2D eigenvalue weighted by molar-refractivity contribution is -0.139. The lowest BCUT2D eigenvalue weighted by Crippen LogP contribution is -2.50. The van der Waals surface area contributed by atoms with E-state index in [1.165, 1.54) is 18.5 Å². The Bertz CT molecular complexity index is 382. The summed E-state index contributed by atoms with van der Waals surface area (Å²) in [5, 5.41) is 3.40. The fourth-order valence-electron chi connectivity index (χ4n) is 3.42. The zero-order valence-corrected chi connectivity index (χ0v) is 12.5. The van der Waals surface area contributed by atoms with E-state index in [-0.39, 0.29) is 13.4 Å². The van der Waals surface area contributed by atoms with Crippen LogP contribution in [0.1, 0.15) is 41.5 Å². The number of hydrogen-bond acceptors (Lipinski definition) is 4. The standard InChI is InChI=1S/C15H26N2O2.H2/c1-10(2)14-11(3)15(18)19-9-13-12(16-4)7-5-6-8-17(13)14;/h10,12-13,16H,5-9H2,1-4H3;1H/t12-,13?;/m1./s1. The van der Waals surface area contributed by atoms with Crippen molar-refractivity contribution in [1.82, 2.24) is 10.2 Å². The van der Waals surface area contributed by atoms with Crippen LogP contribution in [0.5, 0.6) is 0 Å². The lowest BCUT2D eigenvalue weighted by Gasteiger charge is -2.37. The molecule has 1 unspecified atom stereocenters. The number of allylic oxidation sites excluding steroid dienone is 1. The summed E-state index contributed by atoms with van der Waals surface area (Å²) in [5.74, 6) is 0.204. The van der Waals surface area contributed by atoms with Crippen LogP contribution < -0.4 is 5.32 Å². The molecular formula is C15H28N2O2. The van der Waals surface area contributed by atoms with Crippen molar-refractivity contribution in [3.8, 4) is 0 Å². The average molecular weight is 268 g/mol. The molecular weight excluding hydrogens is 240 g/mol. The number of ether oxygens (including phenoxy) is 1. The summed E-state index contributed by atoms with van der Waals surface area (Å²) in [7, 11) is 2.01. The van der Waals surface area contributed by atoms with Crippen molar-refractivity contribution in [2.75, 3.05) is 20.2 Å². The van der Waals surface area contributed by atoms with Gasteiger partial charge in [-0.05, 0) is 32.7 Å². The third-order valence-electron chi connectivity index (χ3n) is 4.33. The maximum Gasteiger partial charge on any atom is 0.335 e. The lowest BCUT2D eigenvalue weighted by atomic mass is 9.99. The Morgan fingerprint density at radius 2 is 2.16 bits per heavy atom. The molecule has 110 valence electrons. The summed E-state index contributed by atoms with van der Waals surface area (Å²) in [6, 6.07) is 0.668. The molecule has 0 bridgehead atoms. The number of hydrogen-bond donors (Lipinski definition) is 1. The van der Waals surface area contributed by atoms with Gasteiger partial charge in [0.25, 0.3) is 0 Å². The molecule has 0 saturated carbocycles. The highest BCUT2D eigenvalue weighted by molar-refractivity contribution is 5.89. The van der Waals surface area contributed by atoms with Crippen LogP contribution in [0, 0.1) is 5.92 Å². The highest BCUT2D eigenvalue weighted by Crippen LogP contribution is 2.30. The number of fused-ring (bicyclic) bond motifs is 1. The van der Waals surface area contributed by atoms with Crippen molar-refractivity contribution in [1.29, 1.82) is 0 Å². The molecule has 2 aliphatic rings. The second-order valence-electron chi connectivity index (χ2n) is 5.92. The van der Waals surface area contributed by atoms with Gasteiger partial charge >= 0.3 is 5.97 Å². The molecule has 2 atom stereocenters.